The first-order valence-corrected chi connectivity index (χ1v) is 10.4. The lowest BCUT2D eigenvalue weighted by atomic mass is 10.1. The maximum atomic E-state index is 11.6. The minimum absolute atomic E-state index is 0. The van der Waals surface area contributed by atoms with Crippen molar-refractivity contribution >= 4 is 36.0 Å². The van der Waals surface area contributed by atoms with Crippen molar-refractivity contribution in [2.24, 2.45) is 4.99 Å². The number of hydrogen-bond acceptors (Lipinski definition) is 5. The molecule has 0 atom stereocenters. The third kappa shape index (κ3) is 10.5. The van der Waals surface area contributed by atoms with Gasteiger partial charge in [0.05, 0.1) is 12.4 Å². The maximum Gasteiger partial charge on any atom is 0.407 e. The van der Waals surface area contributed by atoms with Gasteiger partial charge in [-0.25, -0.2) is 4.79 Å². The minimum atomic E-state index is -0.469. The van der Waals surface area contributed by atoms with Gasteiger partial charge in [0.1, 0.15) is 11.4 Å². The number of rotatable bonds is 8. The number of nitrogens with zero attached hydrogens (tertiary/aromatic N) is 2. The molecule has 0 saturated carbocycles. The molecule has 2 heterocycles. The number of guanidine groups is 1. The number of hydrogen-bond donors (Lipinski definition) is 2. The third-order valence-electron chi connectivity index (χ3n) is 4.53. The number of carbonyl (C=O) groups excluding carboxylic acids is 1. The lowest BCUT2D eigenvalue weighted by molar-refractivity contribution is 0.0170. The summed E-state index contributed by atoms with van der Waals surface area (Å²) in [4.78, 5) is 18.3. The van der Waals surface area contributed by atoms with Crippen LogP contribution in [0.4, 0.5) is 4.79 Å². The molecule has 9 heteroatoms. The maximum absolute atomic E-state index is 11.6. The number of carbonyl (C=O) groups is 1. The molecule has 1 aliphatic heterocycles. The summed E-state index contributed by atoms with van der Waals surface area (Å²) >= 11 is 0. The van der Waals surface area contributed by atoms with Gasteiger partial charge in [0.25, 0.3) is 0 Å². The molecule has 8 nitrogen and oxygen atoms in total. The normalized spacial score (nSPS) is 15.5. The summed E-state index contributed by atoms with van der Waals surface area (Å²) in [5, 5.41) is 6.16. The van der Waals surface area contributed by atoms with Crippen molar-refractivity contribution in [2.75, 3.05) is 39.8 Å². The Morgan fingerprint density at radius 2 is 2.00 bits per heavy atom. The molecule has 1 aromatic rings. The van der Waals surface area contributed by atoms with Crippen LogP contribution < -0.4 is 10.6 Å². The number of aliphatic imine (C=N–C) groups is 1. The van der Waals surface area contributed by atoms with Crippen molar-refractivity contribution < 1.29 is 18.7 Å². The van der Waals surface area contributed by atoms with Crippen LogP contribution >= 0.6 is 24.0 Å². The van der Waals surface area contributed by atoms with Crippen LogP contribution in [0.3, 0.4) is 0 Å². The van der Waals surface area contributed by atoms with Gasteiger partial charge in [-0.15, -0.1) is 24.0 Å². The Hall–Kier alpha value is -1.49. The number of ether oxygens (including phenoxy) is 2. The molecular weight excluding hydrogens is 499 g/mol. The second kappa shape index (κ2) is 13.7. The summed E-state index contributed by atoms with van der Waals surface area (Å²) < 4.78 is 16.5. The Morgan fingerprint density at radius 1 is 1.27 bits per heavy atom. The van der Waals surface area contributed by atoms with Gasteiger partial charge in [-0.1, -0.05) is 0 Å². The Kier molecular flexibility index (Phi) is 12.2. The van der Waals surface area contributed by atoms with E-state index in [0.717, 1.165) is 57.0 Å². The highest BCUT2D eigenvalue weighted by atomic mass is 127. The summed E-state index contributed by atoms with van der Waals surface area (Å²) in [5.74, 6) is 1.90. The van der Waals surface area contributed by atoms with Crippen molar-refractivity contribution in [1.82, 2.24) is 15.5 Å². The molecule has 0 aliphatic carbocycles. The predicted octanol–water partition coefficient (Wildman–Crippen LogP) is 3.41. The molecule has 30 heavy (non-hydrogen) atoms. The smallest absolute Gasteiger partial charge is 0.407 e. The summed E-state index contributed by atoms with van der Waals surface area (Å²) in [7, 11) is 1.81. The van der Waals surface area contributed by atoms with E-state index in [9.17, 15) is 4.79 Å². The molecule has 1 aliphatic rings. The lowest BCUT2D eigenvalue weighted by Gasteiger charge is -2.34. The average molecular weight is 536 g/mol. The predicted molar refractivity (Wildman–Crippen MR) is 129 cm³/mol. The van der Waals surface area contributed by atoms with Crippen LogP contribution in [0.25, 0.3) is 0 Å². The fraction of sp³-hybridized carbons (Fsp3) is 0.714. The van der Waals surface area contributed by atoms with Crippen molar-refractivity contribution in [3.05, 3.63) is 24.2 Å². The molecule has 1 fully saturated rings. The highest BCUT2D eigenvalue weighted by Crippen LogP contribution is 2.14. The van der Waals surface area contributed by atoms with Crippen LogP contribution in [0.15, 0.2) is 27.8 Å². The van der Waals surface area contributed by atoms with Crippen LogP contribution in [-0.4, -0.2) is 68.5 Å². The SMILES string of the molecule is CN=C(NCCc1ccco1)N1CCC(OCCCNC(=O)OC(C)(C)C)CC1.I. The van der Waals surface area contributed by atoms with Crippen molar-refractivity contribution in [2.45, 2.75) is 58.2 Å². The van der Waals surface area contributed by atoms with Gasteiger partial charge in [-0.3, -0.25) is 4.99 Å². The molecule has 172 valence electrons. The number of furan rings is 1. The van der Waals surface area contributed by atoms with Crippen molar-refractivity contribution in [1.29, 1.82) is 0 Å². The lowest BCUT2D eigenvalue weighted by Crippen LogP contribution is -2.47. The first kappa shape index (κ1) is 26.5. The van der Waals surface area contributed by atoms with E-state index in [4.69, 9.17) is 13.9 Å². The number of amides is 1. The molecule has 2 rings (SSSR count). The van der Waals surface area contributed by atoms with E-state index in [-0.39, 0.29) is 36.2 Å². The number of halogens is 1. The fourth-order valence-corrected chi connectivity index (χ4v) is 3.15. The Bertz CT molecular complexity index is 623. The van der Waals surface area contributed by atoms with Crippen molar-refractivity contribution in [3.8, 4) is 0 Å². The van der Waals surface area contributed by atoms with E-state index in [1.807, 2.05) is 40.0 Å². The number of alkyl carbamates (subject to hydrolysis) is 1. The van der Waals surface area contributed by atoms with Crippen LogP contribution in [0, 0.1) is 0 Å². The monoisotopic (exact) mass is 536 g/mol. The first-order chi connectivity index (χ1) is 13.9. The zero-order valence-corrected chi connectivity index (χ0v) is 20.9. The second-order valence-corrected chi connectivity index (χ2v) is 8.14. The highest BCUT2D eigenvalue weighted by Gasteiger charge is 2.22. The van der Waals surface area contributed by atoms with E-state index in [1.54, 1.807) is 6.26 Å². The highest BCUT2D eigenvalue weighted by molar-refractivity contribution is 14.0. The summed E-state index contributed by atoms with van der Waals surface area (Å²) in [6.07, 6.45) is 5.13. The molecule has 1 saturated heterocycles. The Morgan fingerprint density at radius 3 is 2.60 bits per heavy atom. The first-order valence-electron chi connectivity index (χ1n) is 10.4. The zero-order valence-electron chi connectivity index (χ0n) is 18.6. The van der Waals surface area contributed by atoms with Gasteiger partial charge in [0.15, 0.2) is 5.96 Å². The number of likely N-dealkylation sites (tertiary alicyclic amines) is 1. The topological polar surface area (TPSA) is 88.3 Å². The number of nitrogens with one attached hydrogen (secondary N) is 2. The molecule has 0 bridgehead atoms. The summed E-state index contributed by atoms with van der Waals surface area (Å²) in [5.41, 5.74) is -0.469. The Labute approximate surface area is 197 Å². The van der Waals surface area contributed by atoms with Gasteiger partial charge < -0.3 is 29.4 Å². The summed E-state index contributed by atoms with van der Waals surface area (Å²) in [6, 6.07) is 3.89. The molecule has 0 radical (unpaired) electrons. The van der Waals surface area contributed by atoms with Gasteiger partial charge >= 0.3 is 6.09 Å². The summed E-state index contributed by atoms with van der Waals surface area (Å²) in [6.45, 7) is 9.38. The molecule has 0 aromatic carbocycles. The van der Waals surface area contributed by atoms with Crippen LogP contribution in [0.1, 0.15) is 45.8 Å². The van der Waals surface area contributed by atoms with E-state index in [0.29, 0.717) is 13.2 Å². The van der Waals surface area contributed by atoms with Crippen LogP contribution in [-0.2, 0) is 15.9 Å². The standard InChI is InChI=1S/C21H36N4O4.HI/c1-21(2,3)29-20(26)24-11-6-16-28-18-9-13-25(14-10-18)19(22-4)23-12-8-17-7-5-15-27-17;/h5,7,15,18H,6,8-14,16H2,1-4H3,(H,22,23)(H,24,26);1H. The average Bonchev–Trinajstić information content (AvgIpc) is 3.18. The van der Waals surface area contributed by atoms with Gasteiger partial charge in [-0.05, 0) is 52.2 Å². The quantitative estimate of drug-likeness (QED) is 0.229. The van der Waals surface area contributed by atoms with Gasteiger partial charge in [0.2, 0.25) is 0 Å². The molecular formula is C21H37IN4O4. The molecule has 0 unspecified atom stereocenters. The van der Waals surface area contributed by atoms with E-state index >= 15 is 0 Å². The third-order valence-corrected chi connectivity index (χ3v) is 4.53. The molecule has 1 amide bonds. The van der Waals surface area contributed by atoms with Crippen LogP contribution in [0.5, 0.6) is 0 Å². The van der Waals surface area contributed by atoms with E-state index in [2.05, 4.69) is 20.5 Å². The van der Waals surface area contributed by atoms with Gasteiger partial charge in [-0.2, -0.15) is 0 Å². The van der Waals surface area contributed by atoms with E-state index in [1.165, 1.54) is 0 Å². The zero-order chi connectivity index (χ0) is 21.1. The molecule has 0 spiro atoms. The largest absolute Gasteiger partial charge is 0.469 e. The molecule has 2 N–H and O–H groups in total. The second-order valence-electron chi connectivity index (χ2n) is 8.14. The Balaban J connectivity index is 0.00000450. The minimum Gasteiger partial charge on any atom is -0.469 e. The van der Waals surface area contributed by atoms with Gasteiger partial charge in [0, 0.05) is 46.3 Å². The molecule has 1 aromatic heterocycles. The van der Waals surface area contributed by atoms with Crippen LogP contribution in [0.2, 0.25) is 0 Å². The fourth-order valence-electron chi connectivity index (χ4n) is 3.15. The van der Waals surface area contributed by atoms with E-state index < -0.39 is 5.60 Å². The number of piperidine rings is 1. The van der Waals surface area contributed by atoms with Crippen molar-refractivity contribution in [3.63, 3.8) is 0 Å².